The molecular weight excluding hydrogens is 291 g/mol. The van der Waals surface area contributed by atoms with Crippen molar-refractivity contribution in [2.24, 2.45) is 0 Å². The Morgan fingerprint density at radius 1 is 1.50 bits per heavy atom. The summed E-state index contributed by atoms with van der Waals surface area (Å²) in [5.74, 6) is 0.739. The third kappa shape index (κ3) is 2.45. The molecule has 1 heterocycles. The SMILES string of the molecule is OC(Cc1ncc[nH]1)c1cccc(Br)c1Cl. The van der Waals surface area contributed by atoms with Crippen molar-refractivity contribution < 1.29 is 5.11 Å². The summed E-state index contributed by atoms with van der Waals surface area (Å²) in [5, 5.41) is 10.6. The summed E-state index contributed by atoms with van der Waals surface area (Å²) in [5.41, 5.74) is 0.701. The predicted molar refractivity (Wildman–Crippen MR) is 66.4 cm³/mol. The van der Waals surface area contributed by atoms with Crippen molar-refractivity contribution in [3.05, 3.63) is 51.5 Å². The van der Waals surface area contributed by atoms with E-state index in [1.807, 2.05) is 12.1 Å². The van der Waals surface area contributed by atoms with Gasteiger partial charge in [-0.15, -0.1) is 0 Å². The number of aliphatic hydroxyl groups is 1. The molecule has 3 nitrogen and oxygen atoms in total. The highest BCUT2D eigenvalue weighted by Gasteiger charge is 2.14. The van der Waals surface area contributed by atoms with Crippen LogP contribution in [0.2, 0.25) is 5.02 Å². The van der Waals surface area contributed by atoms with E-state index < -0.39 is 6.10 Å². The first-order valence-electron chi connectivity index (χ1n) is 4.78. The zero-order valence-corrected chi connectivity index (χ0v) is 10.7. The van der Waals surface area contributed by atoms with E-state index in [1.54, 1.807) is 18.5 Å². The standard InChI is InChI=1S/C11H10BrClN2O/c12-8-3-1-2-7(11(8)13)9(16)6-10-14-4-5-15-10/h1-5,9,16H,6H2,(H,14,15). The zero-order chi connectivity index (χ0) is 11.5. The summed E-state index contributed by atoms with van der Waals surface area (Å²) >= 11 is 9.42. The monoisotopic (exact) mass is 300 g/mol. The first-order chi connectivity index (χ1) is 7.68. The van der Waals surface area contributed by atoms with Gasteiger partial charge in [-0.25, -0.2) is 4.98 Å². The van der Waals surface area contributed by atoms with E-state index in [0.29, 0.717) is 17.0 Å². The highest BCUT2D eigenvalue weighted by molar-refractivity contribution is 9.10. The van der Waals surface area contributed by atoms with E-state index in [0.717, 1.165) is 10.3 Å². The van der Waals surface area contributed by atoms with Crippen LogP contribution in [0, 0.1) is 0 Å². The first kappa shape index (κ1) is 11.6. The van der Waals surface area contributed by atoms with Gasteiger partial charge in [0.2, 0.25) is 0 Å². The largest absolute Gasteiger partial charge is 0.388 e. The molecule has 1 aromatic heterocycles. The summed E-state index contributed by atoms with van der Waals surface area (Å²) in [6.45, 7) is 0. The number of H-pyrrole nitrogens is 1. The second-order valence-corrected chi connectivity index (χ2v) is 4.63. The molecule has 2 N–H and O–H groups in total. The number of halogens is 2. The van der Waals surface area contributed by atoms with E-state index in [4.69, 9.17) is 11.6 Å². The molecule has 16 heavy (non-hydrogen) atoms. The van der Waals surface area contributed by atoms with Gasteiger partial charge < -0.3 is 10.1 Å². The van der Waals surface area contributed by atoms with Gasteiger partial charge in [-0.05, 0) is 22.0 Å². The molecule has 0 spiro atoms. The van der Waals surface area contributed by atoms with E-state index in [1.165, 1.54) is 0 Å². The quantitative estimate of drug-likeness (QED) is 0.915. The Morgan fingerprint density at radius 2 is 2.31 bits per heavy atom. The van der Waals surface area contributed by atoms with Crippen molar-refractivity contribution >= 4 is 27.5 Å². The molecule has 0 radical (unpaired) electrons. The van der Waals surface area contributed by atoms with E-state index in [9.17, 15) is 5.11 Å². The highest BCUT2D eigenvalue weighted by atomic mass is 79.9. The van der Waals surface area contributed by atoms with Crippen LogP contribution >= 0.6 is 27.5 Å². The van der Waals surface area contributed by atoms with Crippen molar-refractivity contribution in [3.8, 4) is 0 Å². The fraction of sp³-hybridized carbons (Fsp3) is 0.182. The molecule has 2 rings (SSSR count). The summed E-state index contributed by atoms with van der Waals surface area (Å²) in [4.78, 5) is 7.01. The van der Waals surface area contributed by atoms with Gasteiger partial charge in [-0.3, -0.25) is 0 Å². The van der Waals surface area contributed by atoms with Crippen LogP contribution in [0.4, 0.5) is 0 Å². The Balaban J connectivity index is 2.21. The number of aromatic nitrogens is 2. The molecule has 0 amide bonds. The number of aromatic amines is 1. The maximum Gasteiger partial charge on any atom is 0.108 e. The Hall–Kier alpha value is -0.840. The molecule has 0 aliphatic heterocycles. The minimum absolute atomic E-state index is 0.420. The summed E-state index contributed by atoms with van der Waals surface area (Å²) in [7, 11) is 0. The minimum atomic E-state index is -0.656. The molecule has 0 aliphatic rings. The normalized spacial score (nSPS) is 12.7. The van der Waals surface area contributed by atoms with Crippen LogP contribution in [0.5, 0.6) is 0 Å². The smallest absolute Gasteiger partial charge is 0.108 e. The molecule has 5 heteroatoms. The maximum atomic E-state index is 10.0. The van der Waals surface area contributed by atoms with Crippen LogP contribution in [-0.4, -0.2) is 15.1 Å². The number of nitrogens with zero attached hydrogens (tertiary/aromatic N) is 1. The molecule has 0 fully saturated rings. The minimum Gasteiger partial charge on any atom is -0.388 e. The van der Waals surface area contributed by atoms with Gasteiger partial charge in [-0.1, -0.05) is 23.7 Å². The van der Waals surface area contributed by atoms with Gasteiger partial charge in [0.1, 0.15) is 5.82 Å². The number of hydrogen-bond donors (Lipinski definition) is 2. The molecule has 1 atom stereocenters. The van der Waals surface area contributed by atoms with Crippen LogP contribution in [0.1, 0.15) is 17.5 Å². The second kappa shape index (κ2) is 4.99. The lowest BCUT2D eigenvalue weighted by atomic mass is 10.1. The third-order valence-electron chi connectivity index (χ3n) is 2.28. The van der Waals surface area contributed by atoms with Crippen molar-refractivity contribution in [1.82, 2.24) is 9.97 Å². The van der Waals surface area contributed by atoms with Crippen molar-refractivity contribution in [2.45, 2.75) is 12.5 Å². The van der Waals surface area contributed by atoms with Crippen molar-refractivity contribution in [3.63, 3.8) is 0 Å². The van der Waals surface area contributed by atoms with Gasteiger partial charge in [-0.2, -0.15) is 0 Å². The zero-order valence-electron chi connectivity index (χ0n) is 8.32. The average molecular weight is 302 g/mol. The van der Waals surface area contributed by atoms with Gasteiger partial charge in [0.05, 0.1) is 11.1 Å². The molecule has 0 saturated carbocycles. The van der Waals surface area contributed by atoms with Crippen LogP contribution in [0.3, 0.4) is 0 Å². The molecular formula is C11H10BrClN2O. The fourth-order valence-corrected chi connectivity index (χ4v) is 2.11. The third-order valence-corrected chi connectivity index (χ3v) is 3.59. The lowest BCUT2D eigenvalue weighted by Gasteiger charge is -2.12. The van der Waals surface area contributed by atoms with Gasteiger partial charge in [0.25, 0.3) is 0 Å². The van der Waals surface area contributed by atoms with E-state index in [2.05, 4.69) is 25.9 Å². The Bertz CT molecular complexity index is 473. The predicted octanol–water partition coefficient (Wildman–Crippen LogP) is 3.10. The number of nitrogens with one attached hydrogen (secondary N) is 1. The number of imidazole rings is 1. The molecule has 0 bridgehead atoms. The Kier molecular flexibility index (Phi) is 3.63. The van der Waals surface area contributed by atoms with E-state index in [-0.39, 0.29) is 0 Å². The molecule has 1 aromatic carbocycles. The molecule has 2 aromatic rings. The van der Waals surface area contributed by atoms with Gasteiger partial charge in [0.15, 0.2) is 0 Å². The van der Waals surface area contributed by atoms with E-state index >= 15 is 0 Å². The van der Waals surface area contributed by atoms with Crippen molar-refractivity contribution in [2.75, 3.05) is 0 Å². The van der Waals surface area contributed by atoms with Crippen molar-refractivity contribution in [1.29, 1.82) is 0 Å². The Labute approximate surface area is 107 Å². The maximum absolute atomic E-state index is 10.0. The lowest BCUT2D eigenvalue weighted by molar-refractivity contribution is 0.176. The summed E-state index contributed by atoms with van der Waals surface area (Å²) < 4.78 is 0.783. The lowest BCUT2D eigenvalue weighted by Crippen LogP contribution is -2.04. The highest BCUT2D eigenvalue weighted by Crippen LogP contribution is 2.31. The fourth-order valence-electron chi connectivity index (χ4n) is 1.48. The molecule has 0 aliphatic carbocycles. The van der Waals surface area contributed by atoms with Crippen LogP contribution in [-0.2, 0) is 6.42 Å². The summed E-state index contributed by atoms with van der Waals surface area (Å²) in [6.07, 6.45) is 3.15. The van der Waals surface area contributed by atoms with Crippen LogP contribution < -0.4 is 0 Å². The molecule has 84 valence electrons. The molecule has 0 saturated heterocycles. The average Bonchev–Trinajstić information content (AvgIpc) is 2.74. The summed E-state index contributed by atoms with van der Waals surface area (Å²) in [6, 6.07) is 5.49. The number of aliphatic hydroxyl groups excluding tert-OH is 1. The van der Waals surface area contributed by atoms with Gasteiger partial charge >= 0.3 is 0 Å². The van der Waals surface area contributed by atoms with Gasteiger partial charge in [0, 0.05) is 28.9 Å². The van der Waals surface area contributed by atoms with Crippen LogP contribution in [0.25, 0.3) is 0 Å². The number of rotatable bonds is 3. The second-order valence-electron chi connectivity index (χ2n) is 3.40. The molecule has 1 unspecified atom stereocenters. The first-order valence-corrected chi connectivity index (χ1v) is 5.96. The Morgan fingerprint density at radius 3 is 3.00 bits per heavy atom. The number of hydrogen-bond acceptors (Lipinski definition) is 2. The number of benzene rings is 1. The van der Waals surface area contributed by atoms with Crippen LogP contribution in [0.15, 0.2) is 35.1 Å². The topological polar surface area (TPSA) is 48.9 Å².